The van der Waals surface area contributed by atoms with Gasteiger partial charge in [0.1, 0.15) is 5.82 Å². The third-order valence-electron chi connectivity index (χ3n) is 2.41. The molecule has 0 bridgehead atoms. The highest BCUT2D eigenvalue weighted by atomic mass is 35.5. The van der Waals surface area contributed by atoms with Crippen LogP contribution in [0.15, 0.2) is 42.6 Å². The van der Waals surface area contributed by atoms with Crippen molar-refractivity contribution in [3.63, 3.8) is 0 Å². The standard InChI is InChI=1S/C13H11ClN2O2/c14-11-6-2-1-5-10(11)13(18)16-12-9(8-17)4-3-7-15-12/h1-7,17H,8H2,(H,15,16,18). The van der Waals surface area contributed by atoms with Gasteiger partial charge in [-0.3, -0.25) is 4.79 Å². The maximum Gasteiger partial charge on any atom is 0.258 e. The van der Waals surface area contributed by atoms with Crippen LogP contribution in [0.2, 0.25) is 5.02 Å². The largest absolute Gasteiger partial charge is 0.392 e. The lowest BCUT2D eigenvalue weighted by Crippen LogP contribution is -2.14. The molecule has 1 amide bonds. The van der Waals surface area contributed by atoms with E-state index in [-0.39, 0.29) is 12.5 Å². The zero-order chi connectivity index (χ0) is 13.0. The summed E-state index contributed by atoms with van der Waals surface area (Å²) in [5, 5.41) is 12.1. The molecule has 0 aliphatic heterocycles. The molecule has 92 valence electrons. The molecular formula is C13H11ClN2O2. The Hall–Kier alpha value is -1.91. The Labute approximate surface area is 109 Å². The van der Waals surface area contributed by atoms with Crippen molar-refractivity contribution in [2.45, 2.75) is 6.61 Å². The summed E-state index contributed by atoms with van der Waals surface area (Å²) in [6, 6.07) is 10.1. The van der Waals surface area contributed by atoms with Crippen molar-refractivity contribution in [2.24, 2.45) is 0 Å². The van der Waals surface area contributed by atoms with Crippen molar-refractivity contribution in [2.75, 3.05) is 5.32 Å². The van der Waals surface area contributed by atoms with E-state index in [4.69, 9.17) is 16.7 Å². The highest BCUT2D eigenvalue weighted by molar-refractivity contribution is 6.34. The van der Waals surface area contributed by atoms with Crippen molar-refractivity contribution in [1.82, 2.24) is 4.98 Å². The number of pyridine rings is 1. The van der Waals surface area contributed by atoms with Crippen LogP contribution in [0.1, 0.15) is 15.9 Å². The summed E-state index contributed by atoms with van der Waals surface area (Å²) in [7, 11) is 0. The molecule has 0 atom stereocenters. The first-order chi connectivity index (χ1) is 8.72. The smallest absolute Gasteiger partial charge is 0.258 e. The summed E-state index contributed by atoms with van der Waals surface area (Å²) >= 11 is 5.93. The average Bonchev–Trinajstić information content (AvgIpc) is 2.39. The van der Waals surface area contributed by atoms with Crippen LogP contribution >= 0.6 is 11.6 Å². The summed E-state index contributed by atoms with van der Waals surface area (Å²) in [4.78, 5) is 16.0. The molecular weight excluding hydrogens is 252 g/mol. The van der Waals surface area contributed by atoms with Gasteiger partial charge in [0.2, 0.25) is 0 Å². The van der Waals surface area contributed by atoms with Crippen LogP contribution in [0.4, 0.5) is 5.82 Å². The lowest BCUT2D eigenvalue weighted by molar-refractivity contribution is 0.102. The van der Waals surface area contributed by atoms with E-state index >= 15 is 0 Å². The number of aromatic nitrogens is 1. The molecule has 18 heavy (non-hydrogen) atoms. The maximum absolute atomic E-state index is 12.0. The van der Waals surface area contributed by atoms with Crippen LogP contribution in [-0.4, -0.2) is 16.0 Å². The molecule has 0 aliphatic rings. The molecule has 0 saturated carbocycles. The van der Waals surface area contributed by atoms with Gasteiger partial charge >= 0.3 is 0 Å². The third-order valence-corrected chi connectivity index (χ3v) is 2.74. The number of hydrogen-bond acceptors (Lipinski definition) is 3. The van der Waals surface area contributed by atoms with E-state index in [9.17, 15) is 4.79 Å². The quantitative estimate of drug-likeness (QED) is 0.893. The predicted octanol–water partition coefficient (Wildman–Crippen LogP) is 2.48. The number of nitrogens with one attached hydrogen (secondary N) is 1. The number of hydrogen-bond donors (Lipinski definition) is 2. The number of carbonyl (C=O) groups is 1. The van der Waals surface area contributed by atoms with Gasteiger partial charge in [0.15, 0.2) is 0 Å². The first-order valence-electron chi connectivity index (χ1n) is 5.33. The van der Waals surface area contributed by atoms with E-state index in [0.717, 1.165) is 0 Å². The number of rotatable bonds is 3. The van der Waals surface area contributed by atoms with E-state index < -0.39 is 0 Å². The van der Waals surface area contributed by atoms with E-state index in [1.54, 1.807) is 42.6 Å². The van der Waals surface area contributed by atoms with Gasteiger partial charge in [-0.2, -0.15) is 0 Å². The van der Waals surface area contributed by atoms with E-state index in [2.05, 4.69) is 10.3 Å². The number of benzene rings is 1. The summed E-state index contributed by atoms with van der Waals surface area (Å²) in [6.07, 6.45) is 1.54. The van der Waals surface area contributed by atoms with Crippen LogP contribution in [0, 0.1) is 0 Å². The third kappa shape index (κ3) is 2.67. The average molecular weight is 263 g/mol. The zero-order valence-electron chi connectivity index (χ0n) is 9.43. The molecule has 0 radical (unpaired) electrons. The van der Waals surface area contributed by atoms with E-state index in [0.29, 0.717) is 22.0 Å². The highest BCUT2D eigenvalue weighted by Gasteiger charge is 2.12. The zero-order valence-corrected chi connectivity index (χ0v) is 10.2. The molecule has 1 heterocycles. The number of carbonyl (C=O) groups excluding carboxylic acids is 1. The SMILES string of the molecule is O=C(Nc1ncccc1CO)c1ccccc1Cl. The van der Waals surface area contributed by atoms with E-state index in [1.807, 2.05) is 0 Å². The van der Waals surface area contributed by atoms with Gasteiger partial charge in [-0.25, -0.2) is 4.98 Å². The first kappa shape index (κ1) is 12.5. The second kappa shape index (κ2) is 5.62. The van der Waals surface area contributed by atoms with Gasteiger partial charge < -0.3 is 10.4 Å². The Bertz CT molecular complexity index is 572. The Balaban J connectivity index is 2.24. The molecule has 0 aliphatic carbocycles. The number of aliphatic hydroxyl groups excluding tert-OH is 1. The number of nitrogens with zero attached hydrogens (tertiary/aromatic N) is 1. The maximum atomic E-state index is 12.0. The Morgan fingerprint density at radius 2 is 2.06 bits per heavy atom. The van der Waals surface area contributed by atoms with Crippen LogP contribution in [0.25, 0.3) is 0 Å². The van der Waals surface area contributed by atoms with Crippen molar-refractivity contribution < 1.29 is 9.90 Å². The molecule has 1 aromatic carbocycles. The van der Waals surface area contributed by atoms with Gasteiger partial charge in [0.05, 0.1) is 17.2 Å². The van der Waals surface area contributed by atoms with Gasteiger partial charge in [0.25, 0.3) is 5.91 Å². The number of halogens is 1. The predicted molar refractivity (Wildman–Crippen MR) is 69.6 cm³/mol. The van der Waals surface area contributed by atoms with Crippen LogP contribution in [-0.2, 0) is 6.61 Å². The van der Waals surface area contributed by atoms with Crippen molar-refractivity contribution in [3.05, 3.63) is 58.7 Å². The molecule has 0 spiro atoms. The molecule has 4 nitrogen and oxygen atoms in total. The Kier molecular flexibility index (Phi) is 3.92. The van der Waals surface area contributed by atoms with Gasteiger partial charge in [0, 0.05) is 11.8 Å². The fourth-order valence-electron chi connectivity index (χ4n) is 1.50. The highest BCUT2D eigenvalue weighted by Crippen LogP contribution is 2.18. The lowest BCUT2D eigenvalue weighted by Gasteiger charge is -2.08. The van der Waals surface area contributed by atoms with Gasteiger partial charge in [-0.15, -0.1) is 0 Å². The monoisotopic (exact) mass is 262 g/mol. The lowest BCUT2D eigenvalue weighted by atomic mass is 10.2. The molecule has 2 N–H and O–H groups in total. The fourth-order valence-corrected chi connectivity index (χ4v) is 1.72. The summed E-state index contributed by atoms with van der Waals surface area (Å²) in [5.74, 6) is -0.0149. The Morgan fingerprint density at radius 1 is 1.28 bits per heavy atom. The van der Waals surface area contributed by atoms with Gasteiger partial charge in [-0.05, 0) is 18.2 Å². The van der Waals surface area contributed by atoms with Crippen molar-refractivity contribution >= 4 is 23.3 Å². The number of amides is 1. The minimum absolute atomic E-state index is 0.189. The topological polar surface area (TPSA) is 62.2 Å². The molecule has 2 rings (SSSR count). The van der Waals surface area contributed by atoms with Gasteiger partial charge in [-0.1, -0.05) is 29.8 Å². The number of anilines is 1. The van der Waals surface area contributed by atoms with E-state index in [1.165, 1.54) is 0 Å². The summed E-state index contributed by atoms with van der Waals surface area (Å²) in [6.45, 7) is -0.189. The molecule has 0 fully saturated rings. The van der Waals surface area contributed by atoms with Crippen LogP contribution in [0.3, 0.4) is 0 Å². The molecule has 0 unspecified atom stereocenters. The molecule has 1 aromatic heterocycles. The first-order valence-corrected chi connectivity index (χ1v) is 5.71. The minimum Gasteiger partial charge on any atom is -0.392 e. The van der Waals surface area contributed by atoms with Crippen LogP contribution in [0.5, 0.6) is 0 Å². The minimum atomic E-state index is -0.353. The summed E-state index contributed by atoms with van der Waals surface area (Å²) in [5.41, 5.74) is 0.923. The second-order valence-corrected chi connectivity index (χ2v) is 4.01. The molecule has 0 saturated heterocycles. The number of aliphatic hydroxyl groups is 1. The summed E-state index contributed by atoms with van der Waals surface area (Å²) < 4.78 is 0. The molecule has 5 heteroatoms. The van der Waals surface area contributed by atoms with Crippen LogP contribution < -0.4 is 5.32 Å². The second-order valence-electron chi connectivity index (χ2n) is 3.60. The normalized spacial score (nSPS) is 10.1. The Morgan fingerprint density at radius 3 is 2.78 bits per heavy atom. The molecule has 2 aromatic rings. The van der Waals surface area contributed by atoms with Crippen molar-refractivity contribution in [1.29, 1.82) is 0 Å². The fraction of sp³-hybridized carbons (Fsp3) is 0.0769. The van der Waals surface area contributed by atoms with Crippen molar-refractivity contribution in [3.8, 4) is 0 Å².